The van der Waals surface area contributed by atoms with Crippen molar-refractivity contribution in [1.82, 2.24) is 0 Å². The highest BCUT2D eigenvalue weighted by atomic mass is 19.4. The molecule has 1 unspecified atom stereocenters. The number of ether oxygens (including phenoxy) is 1. The van der Waals surface area contributed by atoms with E-state index in [1.807, 2.05) is 0 Å². The van der Waals surface area contributed by atoms with Gasteiger partial charge in [0, 0.05) is 5.56 Å². The SMILES string of the molecule is N#CC1=COC(c2ccccc2)(C(F)(F)F)C1(C#N)C#N. The van der Waals surface area contributed by atoms with Crippen LogP contribution in [0.2, 0.25) is 0 Å². The van der Waals surface area contributed by atoms with E-state index >= 15 is 0 Å². The molecule has 0 aliphatic carbocycles. The Kier molecular flexibility index (Phi) is 3.12. The first-order valence-corrected chi connectivity index (χ1v) is 5.63. The maximum atomic E-state index is 13.7. The molecule has 1 aromatic rings. The van der Waals surface area contributed by atoms with Gasteiger partial charge in [0.1, 0.15) is 17.9 Å². The average molecular weight is 289 g/mol. The van der Waals surface area contributed by atoms with Crippen molar-refractivity contribution in [2.45, 2.75) is 11.8 Å². The quantitative estimate of drug-likeness (QED) is 0.796. The van der Waals surface area contributed by atoms with Gasteiger partial charge in [0.15, 0.2) is 0 Å². The molecule has 21 heavy (non-hydrogen) atoms. The Balaban J connectivity index is 2.86. The van der Waals surface area contributed by atoms with Crippen LogP contribution in [0.15, 0.2) is 42.2 Å². The lowest BCUT2D eigenvalue weighted by atomic mass is 9.67. The van der Waals surface area contributed by atoms with Crippen LogP contribution in [0.5, 0.6) is 0 Å². The molecule has 0 amide bonds. The normalized spacial score (nSPS) is 23.1. The Hall–Kier alpha value is -2.98. The second-order valence-corrected chi connectivity index (χ2v) is 4.28. The summed E-state index contributed by atoms with van der Waals surface area (Å²) in [7, 11) is 0. The molecule has 0 radical (unpaired) electrons. The van der Waals surface area contributed by atoms with Crippen LogP contribution >= 0.6 is 0 Å². The largest absolute Gasteiger partial charge is 0.476 e. The van der Waals surface area contributed by atoms with Crippen molar-refractivity contribution < 1.29 is 17.9 Å². The fourth-order valence-corrected chi connectivity index (χ4v) is 2.33. The number of rotatable bonds is 1. The van der Waals surface area contributed by atoms with Crippen LogP contribution in [0.4, 0.5) is 13.2 Å². The first-order valence-electron chi connectivity index (χ1n) is 5.63. The lowest BCUT2D eigenvalue weighted by molar-refractivity contribution is -0.279. The number of alkyl halides is 3. The monoisotopic (exact) mass is 289 g/mol. The summed E-state index contributed by atoms with van der Waals surface area (Å²) < 4.78 is 45.9. The number of nitrogens with zero attached hydrogens (tertiary/aromatic N) is 3. The van der Waals surface area contributed by atoms with Crippen molar-refractivity contribution in [3.05, 3.63) is 47.7 Å². The number of hydrogen-bond donors (Lipinski definition) is 0. The second-order valence-electron chi connectivity index (χ2n) is 4.28. The summed E-state index contributed by atoms with van der Waals surface area (Å²) in [5, 5.41) is 27.4. The number of nitriles is 3. The minimum atomic E-state index is -5.07. The van der Waals surface area contributed by atoms with Crippen LogP contribution in [0.25, 0.3) is 0 Å². The zero-order valence-electron chi connectivity index (χ0n) is 10.3. The molecule has 0 saturated carbocycles. The first kappa shape index (κ1) is 14.4. The standard InChI is InChI=1S/C14H6F3N3O/c15-14(16,17)13(10-4-2-1-3-5-10)12(8-19,9-20)11(6-18)7-21-13/h1-5,7H. The molecular weight excluding hydrogens is 283 g/mol. The van der Waals surface area contributed by atoms with Gasteiger partial charge in [-0.15, -0.1) is 0 Å². The lowest BCUT2D eigenvalue weighted by Crippen LogP contribution is -2.53. The van der Waals surface area contributed by atoms with Crippen LogP contribution in [0, 0.1) is 39.4 Å². The van der Waals surface area contributed by atoms with Crippen LogP contribution < -0.4 is 0 Å². The van der Waals surface area contributed by atoms with E-state index in [1.165, 1.54) is 36.4 Å². The molecule has 1 aromatic carbocycles. The van der Waals surface area contributed by atoms with E-state index in [4.69, 9.17) is 10.00 Å². The van der Waals surface area contributed by atoms with E-state index < -0.39 is 28.3 Å². The average Bonchev–Trinajstić information content (AvgIpc) is 2.83. The molecular formula is C14H6F3N3O. The molecule has 104 valence electrons. The summed E-state index contributed by atoms with van der Waals surface area (Å²) in [6, 6.07) is 10.4. The highest BCUT2D eigenvalue weighted by Crippen LogP contribution is 2.59. The minimum Gasteiger partial charge on any atom is -0.476 e. The van der Waals surface area contributed by atoms with Crippen LogP contribution in [-0.2, 0) is 10.3 Å². The van der Waals surface area contributed by atoms with Crippen molar-refractivity contribution in [2.75, 3.05) is 0 Å². The van der Waals surface area contributed by atoms with Gasteiger partial charge in [0.05, 0.1) is 12.1 Å². The highest BCUT2D eigenvalue weighted by molar-refractivity contribution is 5.52. The molecule has 0 aromatic heterocycles. The molecule has 0 N–H and O–H groups in total. The van der Waals surface area contributed by atoms with Gasteiger partial charge in [-0.3, -0.25) is 0 Å². The predicted molar refractivity (Wildman–Crippen MR) is 62.6 cm³/mol. The van der Waals surface area contributed by atoms with E-state index in [1.54, 1.807) is 0 Å². The van der Waals surface area contributed by atoms with Gasteiger partial charge in [-0.1, -0.05) is 30.3 Å². The summed E-state index contributed by atoms with van der Waals surface area (Å²) in [5.41, 5.74) is -7.10. The highest BCUT2D eigenvalue weighted by Gasteiger charge is 2.75. The number of halogens is 3. The van der Waals surface area contributed by atoms with Gasteiger partial charge in [-0.2, -0.15) is 29.0 Å². The van der Waals surface area contributed by atoms with E-state index in [0.717, 1.165) is 12.1 Å². The molecule has 0 bridgehead atoms. The fraction of sp³-hybridized carbons (Fsp3) is 0.214. The van der Waals surface area contributed by atoms with Gasteiger partial charge < -0.3 is 4.74 Å². The first-order chi connectivity index (χ1) is 9.89. The van der Waals surface area contributed by atoms with Crippen LogP contribution in [0.1, 0.15) is 5.56 Å². The fourth-order valence-electron chi connectivity index (χ4n) is 2.33. The Labute approximate surface area is 117 Å². The minimum absolute atomic E-state index is 0.415. The van der Waals surface area contributed by atoms with Crippen molar-refractivity contribution in [1.29, 1.82) is 15.8 Å². The van der Waals surface area contributed by atoms with E-state index in [9.17, 15) is 23.7 Å². The van der Waals surface area contributed by atoms with Gasteiger partial charge in [0.2, 0.25) is 5.41 Å². The third-order valence-corrected chi connectivity index (χ3v) is 3.32. The smallest absolute Gasteiger partial charge is 0.435 e. The number of benzene rings is 1. The molecule has 7 heteroatoms. The maximum absolute atomic E-state index is 13.7. The molecule has 0 saturated heterocycles. The van der Waals surface area contributed by atoms with E-state index in [0.29, 0.717) is 6.26 Å². The Bertz CT molecular complexity index is 705. The summed E-state index contributed by atoms with van der Waals surface area (Å²) in [5.74, 6) is 0. The topological polar surface area (TPSA) is 80.6 Å². The van der Waals surface area contributed by atoms with Crippen LogP contribution in [-0.4, -0.2) is 6.18 Å². The van der Waals surface area contributed by atoms with Gasteiger partial charge >= 0.3 is 6.18 Å². The molecule has 1 aliphatic rings. The van der Waals surface area contributed by atoms with Gasteiger partial charge in [0.25, 0.3) is 5.60 Å². The lowest BCUT2D eigenvalue weighted by Gasteiger charge is -2.37. The molecule has 1 aliphatic heterocycles. The third-order valence-electron chi connectivity index (χ3n) is 3.32. The summed E-state index contributed by atoms with van der Waals surface area (Å²) in [4.78, 5) is 0. The van der Waals surface area contributed by atoms with Crippen molar-refractivity contribution >= 4 is 0 Å². The van der Waals surface area contributed by atoms with E-state index in [2.05, 4.69) is 0 Å². The molecule has 1 heterocycles. The second kappa shape index (κ2) is 4.54. The summed E-state index contributed by atoms with van der Waals surface area (Å²) in [6.45, 7) is 0. The Morgan fingerprint density at radius 1 is 1.00 bits per heavy atom. The zero-order valence-corrected chi connectivity index (χ0v) is 10.3. The van der Waals surface area contributed by atoms with Gasteiger partial charge in [-0.05, 0) is 0 Å². The molecule has 2 rings (SSSR count). The Morgan fingerprint density at radius 2 is 1.57 bits per heavy atom. The molecule has 1 atom stereocenters. The molecule has 4 nitrogen and oxygen atoms in total. The predicted octanol–water partition coefficient (Wildman–Crippen LogP) is 2.92. The zero-order chi connectivity index (χ0) is 15.7. The molecule has 0 fully saturated rings. The maximum Gasteiger partial charge on any atom is 0.435 e. The van der Waals surface area contributed by atoms with E-state index in [-0.39, 0.29) is 0 Å². The van der Waals surface area contributed by atoms with Gasteiger partial charge in [-0.25, -0.2) is 0 Å². The molecule has 0 spiro atoms. The summed E-state index contributed by atoms with van der Waals surface area (Å²) in [6.07, 6.45) is -4.54. The van der Waals surface area contributed by atoms with Crippen molar-refractivity contribution in [3.8, 4) is 18.2 Å². The van der Waals surface area contributed by atoms with Crippen molar-refractivity contribution in [2.24, 2.45) is 5.41 Å². The third kappa shape index (κ3) is 1.60. The van der Waals surface area contributed by atoms with Crippen molar-refractivity contribution in [3.63, 3.8) is 0 Å². The summed E-state index contributed by atoms with van der Waals surface area (Å²) >= 11 is 0. The number of hydrogen-bond acceptors (Lipinski definition) is 4. The van der Waals surface area contributed by atoms with Crippen LogP contribution in [0.3, 0.4) is 0 Å². The Morgan fingerprint density at radius 3 is 2.00 bits per heavy atom.